The number of fused-ring (bicyclic) bond motifs is 1. The molecule has 2 fully saturated rings. The zero-order valence-corrected chi connectivity index (χ0v) is 14.0. The summed E-state index contributed by atoms with van der Waals surface area (Å²) in [5.74, 6) is 3.60. The second-order valence-electron chi connectivity index (χ2n) is 6.10. The molecule has 0 amide bonds. The molecule has 0 spiro atoms. The van der Waals surface area contributed by atoms with Crippen molar-refractivity contribution in [1.29, 1.82) is 0 Å². The van der Waals surface area contributed by atoms with Gasteiger partial charge in [0.1, 0.15) is 23.1 Å². The quantitative estimate of drug-likeness (QED) is 0.839. The molecule has 2 aromatic rings. The molecule has 3 heterocycles. The van der Waals surface area contributed by atoms with E-state index in [4.69, 9.17) is 4.98 Å². The van der Waals surface area contributed by atoms with Crippen LogP contribution in [0.2, 0.25) is 0 Å². The van der Waals surface area contributed by atoms with E-state index in [2.05, 4.69) is 45.4 Å². The summed E-state index contributed by atoms with van der Waals surface area (Å²) in [6, 6.07) is 10.7. The monoisotopic (exact) mass is 330 g/mol. The minimum Gasteiger partial charge on any atom is -0.616 e. The van der Waals surface area contributed by atoms with Crippen LogP contribution in [0.4, 0.5) is 11.6 Å². The molecule has 0 bridgehead atoms. The zero-order valence-electron chi connectivity index (χ0n) is 13.2. The summed E-state index contributed by atoms with van der Waals surface area (Å²) in [5, 5.41) is 5.82. The van der Waals surface area contributed by atoms with Crippen molar-refractivity contribution in [1.82, 2.24) is 10.3 Å². The number of aromatic nitrogens is 1. The Morgan fingerprint density at radius 1 is 1.00 bits per heavy atom. The largest absolute Gasteiger partial charge is 0.616 e. The molecule has 1 N–H and O–H groups in total. The van der Waals surface area contributed by atoms with Gasteiger partial charge in [-0.05, 0) is 11.5 Å². The van der Waals surface area contributed by atoms with Gasteiger partial charge in [0, 0.05) is 31.6 Å². The van der Waals surface area contributed by atoms with Crippen molar-refractivity contribution in [3.05, 3.63) is 30.3 Å². The van der Waals surface area contributed by atoms with E-state index < -0.39 is 11.2 Å². The number of anilines is 2. The topological polar surface area (TPSA) is 54.5 Å². The van der Waals surface area contributed by atoms with Gasteiger partial charge in [0.15, 0.2) is 0 Å². The van der Waals surface area contributed by atoms with Crippen LogP contribution in [-0.4, -0.2) is 60.3 Å². The van der Waals surface area contributed by atoms with E-state index in [9.17, 15) is 4.55 Å². The van der Waals surface area contributed by atoms with E-state index in [1.165, 1.54) is 10.8 Å². The van der Waals surface area contributed by atoms with Crippen LogP contribution in [0.15, 0.2) is 30.3 Å². The molecule has 0 unspecified atom stereocenters. The fraction of sp³-hybridized carbons (Fsp3) is 0.471. The maximum absolute atomic E-state index is 11.7. The Hall–Kier alpha value is -1.50. The highest BCUT2D eigenvalue weighted by atomic mass is 32.2. The first-order valence-electron chi connectivity index (χ1n) is 8.27. The summed E-state index contributed by atoms with van der Waals surface area (Å²) in [7, 11) is 0. The average molecular weight is 330 g/mol. The van der Waals surface area contributed by atoms with Crippen molar-refractivity contribution in [2.24, 2.45) is 0 Å². The van der Waals surface area contributed by atoms with Crippen LogP contribution in [-0.2, 0) is 11.2 Å². The Kier molecular flexibility index (Phi) is 4.29. The van der Waals surface area contributed by atoms with Gasteiger partial charge in [0.25, 0.3) is 0 Å². The van der Waals surface area contributed by atoms with Crippen molar-refractivity contribution in [2.45, 2.75) is 0 Å². The second kappa shape index (κ2) is 6.55. The van der Waals surface area contributed by atoms with Gasteiger partial charge in [-0.2, -0.15) is 0 Å². The Morgan fingerprint density at radius 3 is 2.52 bits per heavy atom. The molecule has 2 aliphatic heterocycles. The van der Waals surface area contributed by atoms with Crippen LogP contribution in [0.1, 0.15) is 0 Å². The number of hydrogen-bond acceptors (Lipinski definition) is 5. The summed E-state index contributed by atoms with van der Waals surface area (Å²) >= 11 is -0.666. The van der Waals surface area contributed by atoms with E-state index in [1.54, 1.807) is 0 Å². The lowest BCUT2D eigenvalue weighted by molar-refractivity contribution is 0.582. The van der Waals surface area contributed by atoms with Crippen molar-refractivity contribution in [2.75, 3.05) is 60.6 Å². The number of pyridine rings is 1. The zero-order chi connectivity index (χ0) is 15.6. The van der Waals surface area contributed by atoms with Crippen LogP contribution in [0.25, 0.3) is 10.8 Å². The van der Waals surface area contributed by atoms with Gasteiger partial charge in [-0.3, -0.25) is 0 Å². The van der Waals surface area contributed by atoms with Crippen LogP contribution < -0.4 is 15.1 Å². The SMILES string of the molecule is [O-][S+]1CCN(c2nc(N3CCNCC3)cc3ccccc23)CC1. The molecule has 6 heteroatoms. The number of nitrogens with one attached hydrogen (secondary N) is 1. The molecule has 2 saturated heterocycles. The molecule has 122 valence electrons. The molecule has 5 nitrogen and oxygen atoms in total. The normalized spacial score (nSPS) is 20.2. The number of piperazine rings is 1. The number of hydrogen-bond donors (Lipinski definition) is 1. The standard InChI is InChI=1S/C17H22N4OS/c22-23-11-9-21(10-12-23)17-15-4-2-1-3-14(15)13-16(19-17)20-7-5-18-6-8-20/h1-4,13,18H,5-12H2. The van der Waals surface area contributed by atoms with E-state index in [0.29, 0.717) is 0 Å². The molecule has 0 aliphatic carbocycles. The molecular weight excluding hydrogens is 308 g/mol. The number of rotatable bonds is 2. The summed E-state index contributed by atoms with van der Waals surface area (Å²) < 4.78 is 11.7. The van der Waals surface area contributed by atoms with Gasteiger partial charge in [0.05, 0.1) is 13.1 Å². The third-order valence-corrected chi connectivity index (χ3v) is 5.90. The highest BCUT2D eigenvalue weighted by Gasteiger charge is 2.23. The van der Waals surface area contributed by atoms with Gasteiger partial charge in [0.2, 0.25) is 0 Å². The van der Waals surface area contributed by atoms with Gasteiger partial charge in [-0.15, -0.1) is 0 Å². The molecule has 2 aliphatic rings. The van der Waals surface area contributed by atoms with E-state index in [0.717, 1.165) is 62.4 Å². The molecule has 4 rings (SSSR count). The maximum atomic E-state index is 11.7. The Labute approximate surface area is 139 Å². The van der Waals surface area contributed by atoms with Gasteiger partial charge in [-0.25, -0.2) is 4.98 Å². The van der Waals surface area contributed by atoms with Crippen molar-refractivity contribution < 1.29 is 4.55 Å². The average Bonchev–Trinajstić information content (AvgIpc) is 2.62. The second-order valence-corrected chi connectivity index (χ2v) is 7.79. The molecule has 1 aromatic heterocycles. The Morgan fingerprint density at radius 2 is 1.74 bits per heavy atom. The third kappa shape index (κ3) is 3.11. The minimum absolute atomic E-state index is 0.666. The first-order valence-corrected chi connectivity index (χ1v) is 9.75. The minimum atomic E-state index is -0.666. The predicted octanol–water partition coefficient (Wildman–Crippen LogP) is 1.21. The number of nitrogens with zero attached hydrogens (tertiary/aromatic N) is 3. The Bertz CT molecular complexity index is 681. The Balaban J connectivity index is 1.74. The highest BCUT2D eigenvalue weighted by molar-refractivity contribution is 7.91. The van der Waals surface area contributed by atoms with Crippen molar-refractivity contribution >= 4 is 33.6 Å². The molecule has 0 saturated carbocycles. The third-order valence-electron chi connectivity index (χ3n) is 4.63. The fourth-order valence-electron chi connectivity index (χ4n) is 3.31. The summed E-state index contributed by atoms with van der Waals surface area (Å²) in [4.78, 5) is 9.66. The van der Waals surface area contributed by atoms with E-state index in [1.807, 2.05) is 0 Å². The van der Waals surface area contributed by atoms with E-state index in [-0.39, 0.29) is 0 Å². The first-order chi connectivity index (χ1) is 11.3. The van der Waals surface area contributed by atoms with E-state index >= 15 is 0 Å². The van der Waals surface area contributed by atoms with Gasteiger partial charge >= 0.3 is 0 Å². The maximum Gasteiger partial charge on any atom is 0.139 e. The molecule has 23 heavy (non-hydrogen) atoms. The lowest BCUT2D eigenvalue weighted by Crippen LogP contribution is -2.44. The van der Waals surface area contributed by atoms with Crippen LogP contribution >= 0.6 is 0 Å². The smallest absolute Gasteiger partial charge is 0.139 e. The lowest BCUT2D eigenvalue weighted by Gasteiger charge is -2.32. The first kappa shape index (κ1) is 15.1. The van der Waals surface area contributed by atoms with Crippen LogP contribution in [0, 0.1) is 0 Å². The predicted molar refractivity (Wildman–Crippen MR) is 96.9 cm³/mol. The summed E-state index contributed by atoms with van der Waals surface area (Å²) in [5.41, 5.74) is 0. The van der Waals surface area contributed by atoms with Crippen LogP contribution in [0.3, 0.4) is 0 Å². The highest BCUT2D eigenvalue weighted by Crippen LogP contribution is 2.30. The fourth-order valence-corrected chi connectivity index (χ4v) is 4.37. The molecule has 0 atom stereocenters. The molecular formula is C17H22N4OS. The molecule has 0 radical (unpaired) electrons. The lowest BCUT2D eigenvalue weighted by atomic mass is 10.1. The molecule has 1 aromatic carbocycles. The summed E-state index contributed by atoms with van der Waals surface area (Å²) in [6.45, 7) is 5.66. The van der Waals surface area contributed by atoms with Crippen molar-refractivity contribution in [3.63, 3.8) is 0 Å². The van der Waals surface area contributed by atoms with Gasteiger partial charge < -0.3 is 19.7 Å². The number of benzene rings is 1. The summed E-state index contributed by atoms with van der Waals surface area (Å²) in [6.07, 6.45) is 0. The van der Waals surface area contributed by atoms with Gasteiger partial charge in [-0.1, -0.05) is 35.4 Å². The van der Waals surface area contributed by atoms with Crippen LogP contribution in [0.5, 0.6) is 0 Å². The van der Waals surface area contributed by atoms with Crippen molar-refractivity contribution in [3.8, 4) is 0 Å².